The molecule has 150 valence electrons. The first kappa shape index (κ1) is 18.6. The number of carbonyl (C=O) groups is 1. The minimum absolute atomic E-state index is 0.151. The van der Waals surface area contributed by atoms with E-state index in [-0.39, 0.29) is 5.91 Å². The summed E-state index contributed by atoms with van der Waals surface area (Å²) in [7, 11) is 0. The molecular weight excluding hydrogens is 386 g/mol. The second kappa shape index (κ2) is 8.12. The van der Waals surface area contributed by atoms with E-state index in [0.717, 1.165) is 22.6 Å². The standard InChI is InChI=1S/C25H19N5O/c31-25(18-8-3-1-4-9-18)28-21-13-7-10-19(16-21)22-17-30-15-14-26-24(30)23(29-22)27-20-11-5-2-6-12-20/h1-17H,(H,27,29)(H,28,31). The third-order valence-electron chi connectivity index (χ3n) is 4.86. The monoisotopic (exact) mass is 405 g/mol. The number of rotatable bonds is 5. The van der Waals surface area contributed by atoms with Gasteiger partial charge in [0, 0.05) is 41.1 Å². The lowest BCUT2D eigenvalue weighted by Crippen LogP contribution is -2.11. The number of amides is 1. The molecule has 0 aliphatic rings. The van der Waals surface area contributed by atoms with Gasteiger partial charge in [0.1, 0.15) is 0 Å². The SMILES string of the molecule is O=C(Nc1cccc(-c2cn3ccnc3c(Nc3ccccc3)n2)c1)c1ccccc1. The molecule has 1 amide bonds. The summed E-state index contributed by atoms with van der Waals surface area (Å²) < 4.78 is 1.93. The molecule has 6 nitrogen and oxygen atoms in total. The highest BCUT2D eigenvalue weighted by atomic mass is 16.1. The van der Waals surface area contributed by atoms with Gasteiger partial charge in [-0.2, -0.15) is 0 Å². The lowest BCUT2D eigenvalue weighted by atomic mass is 10.1. The van der Waals surface area contributed by atoms with Crippen molar-refractivity contribution in [2.75, 3.05) is 10.6 Å². The Bertz CT molecular complexity index is 1350. The first-order chi connectivity index (χ1) is 15.3. The van der Waals surface area contributed by atoms with Crippen LogP contribution in [-0.4, -0.2) is 20.3 Å². The van der Waals surface area contributed by atoms with Gasteiger partial charge in [-0.25, -0.2) is 9.97 Å². The third-order valence-corrected chi connectivity index (χ3v) is 4.86. The van der Waals surface area contributed by atoms with E-state index < -0.39 is 0 Å². The zero-order valence-electron chi connectivity index (χ0n) is 16.6. The summed E-state index contributed by atoms with van der Waals surface area (Å²) in [5.41, 5.74) is 4.64. The number of fused-ring (bicyclic) bond motifs is 1. The maximum Gasteiger partial charge on any atom is 0.255 e. The maximum absolute atomic E-state index is 12.5. The molecule has 6 heteroatoms. The fourth-order valence-electron chi connectivity index (χ4n) is 3.36. The van der Waals surface area contributed by atoms with Crippen molar-refractivity contribution >= 4 is 28.7 Å². The van der Waals surface area contributed by atoms with Gasteiger partial charge < -0.3 is 15.0 Å². The van der Waals surface area contributed by atoms with Crippen LogP contribution in [0.4, 0.5) is 17.2 Å². The van der Waals surface area contributed by atoms with Crippen LogP contribution in [0.3, 0.4) is 0 Å². The second-order valence-electron chi connectivity index (χ2n) is 7.02. The van der Waals surface area contributed by atoms with E-state index in [0.29, 0.717) is 17.1 Å². The van der Waals surface area contributed by atoms with E-state index >= 15 is 0 Å². The van der Waals surface area contributed by atoms with Gasteiger partial charge in [0.05, 0.1) is 5.69 Å². The Balaban J connectivity index is 1.48. The lowest BCUT2D eigenvalue weighted by molar-refractivity contribution is 0.102. The molecule has 0 spiro atoms. The van der Waals surface area contributed by atoms with Gasteiger partial charge in [0.25, 0.3) is 5.91 Å². The van der Waals surface area contributed by atoms with Crippen molar-refractivity contribution in [2.45, 2.75) is 0 Å². The van der Waals surface area contributed by atoms with Crippen molar-refractivity contribution in [3.8, 4) is 11.3 Å². The highest BCUT2D eigenvalue weighted by Gasteiger charge is 2.11. The zero-order valence-corrected chi connectivity index (χ0v) is 16.6. The average molecular weight is 405 g/mol. The number of nitrogens with zero attached hydrogens (tertiary/aromatic N) is 3. The van der Waals surface area contributed by atoms with Crippen molar-refractivity contribution in [2.24, 2.45) is 0 Å². The van der Waals surface area contributed by atoms with Crippen LogP contribution in [0.2, 0.25) is 0 Å². The molecule has 0 saturated heterocycles. The Morgan fingerprint density at radius 3 is 2.39 bits per heavy atom. The molecule has 5 rings (SSSR count). The predicted molar refractivity (Wildman–Crippen MR) is 123 cm³/mol. The average Bonchev–Trinajstić information content (AvgIpc) is 3.30. The summed E-state index contributed by atoms with van der Waals surface area (Å²) in [5, 5.41) is 6.30. The van der Waals surface area contributed by atoms with Crippen LogP contribution >= 0.6 is 0 Å². The molecule has 2 aromatic heterocycles. The Kier molecular flexibility index (Phi) is 4.86. The zero-order chi connectivity index (χ0) is 21.0. The fraction of sp³-hybridized carbons (Fsp3) is 0. The molecule has 0 saturated carbocycles. The molecule has 0 fully saturated rings. The minimum Gasteiger partial charge on any atom is -0.337 e. The van der Waals surface area contributed by atoms with Crippen molar-refractivity contribution in [1.29, 1.82) is 0 Å². The third kappa shape index (κ3) is 4.00. The molecule has 2 heterocycles. The largest absolute Gasteiger partial charge is 0.337 e. The van der Waals surface area contributed by atoms with Gasteiger partial charge in [0.15, 0.2) is 11.5 Å². The fourth-order valence-corrected chi connectivity index (χ4v) is 3.36. The van der Waals surface area contributed by atoms with E-state index in [1.54, 1.807) is 18.3 Å². The van der Waals surface area contributed by atoms with Crippen molar-refractivity contribution < 1.29 is 4.79 Å². The number of para-hydroxylation sites is 1. The van der Waals surface area contributed by atoms with E-state index in [4.69, 9.17) is 4.98 Å². The normalized spacial score (nSPS) is 10.7. The first-order valence-corrected chi connectivity index (χ1v) is 9.89. The van der Waals surface area contributed by atoms with Gasteiger partial charge in [-0.3, -0.25) is 4.79 Å². The molecule has 0 atom stereocenters. The molecule has 0 unspecified atom stereocenters. The van der Waals surface area contributed by atoms with Gasteiger partial charge in [-0.1, -0.05) is 48.5 Å². The highest BCUT2D eigenvalue weighted by molar-refractivity contribution is 6.04. The smallest absolute Gasteiger partial charge is 0.255 e. The van der Waals surface area contributed by atoms with Gasteiger partial charge >= 0.3 is 0 Å². The summed E-state index contributed by atoms with van der Waals surface area (Å²) in [4.78, 5) is 21.7. The van der Waals surface area contributed by atoms with Crippen molar-refractivity contribution in [1.82, 2.24) is 14.4 Å². The van der Waals surface area contributed by atoms with Crippen LogP contribution in [-0.2, 0) is 0 Å². The lowest BCUT2D eigenvalue weighted by Gasteiger charge is -2.11. The topological polar surface area (TPSA) is 71.3 Å². The van der Waals surface area contributed by atoms with E-state index in [1.165, 1.54) is 0 Å². The van der Waals surface area contributed by atoms with Crippen LogP contribution in [0, 0.1) is 0 Å². The molecule has 5 aromatic rings. The molecule has 0 aliphatic heterocycles. The van der Waals surface area contributed by atoms with Crippen LogP contribution in [0.25, 0.3) is 16.9 Å². The predicted octanol–water partition coefficient (Wildman–Crippen LogP) is 5.39. The number of anilines is 3. The van der Waals surface area contributed by atoms with Crippen molar-refractivity contribution in [3.63, 3.8) is 0 Å². The van der Waals surface area contributed by atoms with Crippen LogP contribution in [0.15, 0.2) is 104 Å². The molecule has 3 aromatic carbocycles. The van der Waals surface area contributed by atoms with E-state index in [1.807, 2.05) is 89.6 Å². The molecular formula is C25H19N5O. The summed E-state index contributed by atoms with van der Waals surface area (Å²) in [6.45, 7) is 0. The van der Waals surface area contributed by atoms with Gasteiger partial charge in [-0.05, 0) is 36.4 Å². The van der Waals surface area contributed by atoms with Crippen LogP contribution in [0.1, 0.15) is 10.4 Å². The second-order valence-corrected chi connectivity index (χ2v) is 7.02. The Hall–Kier alpha value is -4.45. The number of imidazole rings is 1. The maximum atomic E-state index is 12.5. The van der Waals surface area contributed by atoms with Crippen molar-refractivity contribution in [3.05, 3.63) is 109 Å². The number of carbonyl (C=O) groups excluding carboxylic acids is 1. The van der Waals surface area contributed by atoms with Gasteiger partial charge in [0.2, 0.25) is 0 Å². The first-order valence-electron chi connectivity index (χ1n) is 9.89. The van der Waals surface area contributed by atoms with E-state index in [9.17, 15) is 4.79 Å². The summed E-state index contributed by atoms with van der Waals surface area (Å²) >= 11 is 0. The summed E-state index contributed by atoms with van der Waals surface area (Å²) in [6.07, 6.45) is 5.56. The van der Waals surface area contributed by atoms with Crippen LogP contribution in [0.5, 0.6) is 0 Å². The molecule has 0 bridgehead atoms. The Morgan fingerprint density at radius 1 is 0.839 bits per heavy atom. The Morgan fingerprint density at radius 2 is 1.58 bits per heavy atom. The summed E-state index contributed by atoms with van der Waals surface area (Å²) in [6, 6.07) is 26.7. The molecule has 0 radical (unpaired) electrons. The number of nitrogens with one attached hydrogen (secondary N) is 2. The molecule has 0 aliphatic carbocycles. The number of hydrogen-bond acceptors (Lipinski definition) is 4. The Labute approximate surface area is 179 Å². The number of aromatic nitrogens is 3. The minimum atomic E-state index is -0.151. The summed E-state index contributed by atoms with van der Waals surface area (Å²) in [5.74, 6) is 0.509. The molecule has 2 N–H and O–H groups in total. The van der Waals surface area contributed by atoms with Crippen LogP contribution < -0.4 is 10.6 Å². The molecule has 31 heavy (non-hydrogen) atoms. The van der Waals surface area contributed by atoms with E-state index in [2.05, 4.69) is 15.6 Å². The number of benzene rings is 3. The van der Waals surface area contributed by atoms with Gasteiger partial charge in [-0.15, -0.1) is 0 Å². The number of hydrogen-bond donors (Lipinski definition) is 2. The quantitative estimate of drug-likeness (QED) is 0.411. The highest BCUT2D eigenvalue weighted by Crippen LogP contribution is 2.26.